The van der Waals surface area contributed by atoms with Crippen molar-refractivity contribution >= 4 is 114 Å². The van der Waals surface area contributed by atoms with Gasteiger partial charge in [-0.05, 0) is 182 Å². The van der Waals surface area contributed by atoms with E-state index < -0.39 is 44.1 Å². The Morgan fingerprint density at radius 2 is 0.720 bits per heavy atom. The molecule has 0 aromatic heterocycles. The Kier molecular flexibility index (Phi) is 47.7. The molecule has 600 valence electrons. The van der Waals surface area contributed by atoms with Crippen LogP contribution < -0.4 is 10.6 Å². The van der Waals surface area contributed by atoms with Crippen molar-refractivity contribution in [1.82, 2.24) is 30.2 Å². The van der Waals surface area contributed by atoms with E-state index in [0.29, 0.717) is 101 Å². The summed E-state index contributed by atoms with van der Waals surface area (Å²) in [6.45, 7) is 13.2. The minimum atomic E-state index is -3.42. The van der Waals surface area contributed by atoms with E-state index in [1.165, 1.54) is 25.4 Å². The summed E-state index contributed by atoms with van der Waals surface area (Å²) in [6.07, 6.45) is 17.9. The number of piperidine rings is 6. The zero-order chi connectivity index (χ0) is 79.3. The molecule has 4 N–H and O–H groups in total. The van der Waals surface area contributed by atoms with Crippen molar-refractivity contribution in [2.24, 2.45) is 0 Å². The Morgan fingerprint density at radius 3 is 0.953 bits per heavy atom. The average Bonchev–Trinajstić information content (AvgIpc) is 1.14. The fourth-order valence-electron chi connectivity index (χ4n) is 11.4. The molecular formula is C76H113Cl3N6O17S5. The van der Waals surface area contributed by atoms with Crippen LogP contribution in [0.4, 0.5) is 0 Å². The lowest BCUT2D eigenvalue weighted by molar-refractivity contribution is 0.0544. The third-order valence-electron chi connectivity index (χ3n) is 17.3. The second-order valence-electron chi connectivity index (χ2n) is 25.7. The maximum absolute atomic E-state index is 12.2. The number of nitrogens with one attached hydrogen (secondary N) is 2. The van der Waals surface area contributed by atoms with Crippen LogP contribution in [-0.4, -0.2) is 249 Å². The minimum Gasteiger partial charge on any atom is -0.393 e. The molecule has 0 aliphatic carbocycles. The zero-order valence-corrected chi connectivity index (χ0v) is 68.8. The molecule has 7 heterocycles. The van der Waals surface area contributed by atoms with Gasteiger partial charge in [-0.15, -0.1) is 12.4 Å². The van der Waals surface area contributed by atoms with Gasteiger partial charge in [-0.25, -0.2) is 25.3 Å². The number of nitrogens with zero attached hydrogens (tertiary/aromatic N) is 4. The summed E-state index contributed by atoms with van der Waals surface area (Å²) in [6, 6.07) is 45.8. The molecule has 107 heavy (non-hydrogen) atoms. The monoisotopic (exact) mass is 1650 g/mol. The summed E-state index contributed by atoms with van der Waals surface area (Å²) >= 11 is 7.08. The topological polar surface area (TPSA) is 318 Å². The number of aliphatic hydroxyl groups is 2. The molecule has 0 radical (unpaired) electrons. The summed E-state index contributed by atoms with van der Waals surface area (Å²) in [4.78, 5) is 66.0. The molecule has 12 rings (SSSR count). The zero-order valence-electron chi connectivity index (χ0n) is 63.4. The van der Waals surface area contributed by atoms with Crippen LogP contribution in [0.1, 0.15) is 157 Å². The molecular weight excluding hydrogens is 1540 g/mol. The molecule has 5 aromatic carbocycles. The molecule has 0 atom stereocenters. The molecule has 0 bridgehead atoms. The molecule has 0 saturated carbocycles. The predicted octanol–water partition coefficient (Wildman–Crippen LogP) is 10.5. The highest BCUT2D eigenvalue weighted by molar-refractivity contribution is 8.13. The number of benzene rings is 5. The molecule has 7 aliphatic heterocycles. The third-order valence-corrected chi connectivity index (χ3v) is 22.6. The molecule has 7 aliphatic rings. The number of likely N-dealkylation sites (tertiary alicyclic amines) is 4. The van der Waals surface area contributed by atoms with Gasteiger partial charge in [0.2, 0.25) is 9.05 Å². The Morgan fingerprint density at radius 1 is 0.458 bits per heavy atom. The number of carbonyl (C=O) groups is 5. The van der Waals surface area contributed by atoms with E-state index in [-0.39, 0.29) is 64.8 Å². The lowest BCUT2D eigenvalue weighted by Gasteiger charge is -2.31. The average molecular weight is 1650 g/mol. The smallest absolute Gasteiger partial charge is 0.264 e. The maximum Gasteiger partial charge on any atom is 0.264 e. The number of thioether (sulfide) groups is 1. The summed E-state index contributed by atoms with van der Waals surface area (Å²) in [5.41, 5.74) is 3.40. The van der Waals surface area contributed by atoms with Crippen molar-refractivity contribution in [1.29, 1.82) is 0 Å². The van der Waals surface area contributed by atoms with Gasteiger partial charge in [0.1, 0.15) is 19.7 Å². The van der Waals surface area contributed by atoms with Gasteiger partial charge in [-0.1, -0.05) is 117 Å². The van der Waals surface area contributed by atoms with Crippen LogP contribution in [0.3, 0.4) is 0 Å². The van der Waals surface area contributed by atoms with Crippen LogP contribution in [0, 0.1) is 0 Å². The van der Waals surface area contributed by atoms with Gasteiger partial charge in [0.15, 0.2) is 0 Å². The van der Waals surface area contributed by atoms with Gasteiger partial charge in [-0.3, -0.25) is 28.2 Å². The van der Waals surface area contributed by atoms with Crippen LogP contribution in [0.5, 0.6) is 0 Å². The molecule has 7 fully saturated rings. The number of hydrogen-bond donors (Lipinski definition) is 4. The second kappa shape index (κ2) is 53.3. The molecule has 0 unspecified atom stereocenters. The first kappa shape index (κ1) is 95.6. The van der Waals surface area contributed by atoms with E-state index in [0.717, 1.165) is 120 Å². The largest absolute Gasteiger partial charge is 0.393 e. The molecule has 23 nitrogen and oxygen atoms in total. The van der Waals surface area contributed by atoms with Gasteiger partial charge < -0.3 is 45.2 Å². The number of halogens is 3. The van der Waals surface area contributed by atoms with Crippen LogP contribution in [-0.2, 0) is 47.8 Å². The highest BCUT2D eigenvalue weighted by atomic mass is 35.7. The summed E-state index contributed by atoms with van der Waals surface area (Å²) < 4.78 is 102. The minimum absolute atomic E-state index is 0. The first-order chi connectivity index (χ1) is 50.7. The van der Waals surface area contributed by atoms with E-state index in [4.69, 9.17) is 27.0 Å². The van der Waals surface area contributed by atoms with Crippen LogP contribution in [0.25, 0.3) is 0 Å². The lowest BCUT2D eigenvalue weighted by Crippen LogP contribution is -2.42. The Labute approximate surface area is 658 Å². The molecule has 7 saturated heterocycles. The van der Waals surface area contributed by atoms with Gasteiger partial charge in [0.05, 0.1) is 41.3 Å². The van der Waals surface area contributed by atoms with Crippen molar-refractivity contribution in [3.05, 3.63) is 179 Å². The van der Waals surface area contributed by atoms with Crippen molar-refractivity contribution in [2.75, 3.05) is 123 Å². The van der Waals surface area contributed by atoms with Crippen molar-refractivity contribution in [3.63, 3.8) is 0 Å². The molecule has 4 amide bonds. The molecule has 5 aromatic rings. The number of aliphatic hydroxyl groups excluding tert-OH is 2. The SMILES string of the molecule is C1CCOC1.CS(=O)(=O)C1CCN(C(=O)c2ccccc2)CC1.CS(=O)(=O)C1CCNCC1.CS(=O)(=O)Cl.CS(=O)(=O)OC1CCN(C(=O)c2ccccc2)CC1.CSC1CCN(C(=O)c2ccccc2)CC1.Cl.O=C(Cl)c1ccccc1.O=C(c1ccccc1)N1CCC(O)CC1.OC1CCNCC1.[2H]CC. The number of sulfone groups is 2. The van der Waals surface area contributed by atoms with Gasteiger partial charge in [0, 0.05) is 123 Å². The highest BCUT2D eigenvalue weighted by Gasteiger charge is 2.30. The number of rotatable bonds is 10. The van der Waals surface area contributed by atoms with Crippen molar-refractivity contribution < 1.29 is 78.1 Å². The van der Waals surface area contributed by atoms with E-state index in [2.05, 4.69) is 27.6 Å². The predicted molar refractivity (Wildman–Crippen MR) is 433 cm³/mol. The number of carbonyl (C=O) groups excluding carboxylic acids is 5. The number of ether oxygens (including phenoxy) is 1. The van der Waals surface area contributed by atoms with Gasteiger partial charge >= 0.3 is 0 Å². The quantitative estimate of drug-likeness (QED) is 0.0746. The summed E-state index contributed by atoms with van der Waals surface area (Å²) in [5, 5.41) is 24.4. The van der Waals surface area contributed by atoms with Gasteiger partial charge in [0.25, 0.3) is 39.0 Å². The Bertz CT molecular complexity index is 3760. The highest BCUT2D eigenvalue weighted by Crippen LogP contribution is 2.24. The Balaban J connectivity index is 0.000000422. The molecule has 0 spiro atoms. The van der Waals surface area contributed by atoms with Crippen molar-refractivity contribution in [2.45, 2.75) is 138 Å². The molecule has 31 heteroatoms. The summed E-state index contributed by atoms with van der Waals surface area (Å²) in [5.74, 6) is 0.226. The second-order valence-corrected chi connectivity index (χ2v) is 36.5. The van der Waals surface area contributed by atoms with Crippen molar-refractivity contribution in [3.8, 4) is 0 Å². The van der Waals surface area contributed by atoms with Crippen LogP contribution in [0.15, 0.2) is 152 Å². The summed E-state index contributed by atoms with van der Waals surface area (Å²) in [7, 11) is -7.85. The number of amides is 4. The standard InChI is InChI=1S/C13H17NO4S.C13H17NO3S.C13H17NOS.C12H15NO2.C7H5ClO.C6H13NO2S.C5H11NO.C4H8O.C2H6.CH3ClO2S.ClH/c1-19(16,17)18-12-7-9-14(10-8-12)13(15)11-5-3-2-4-6-11;1-18(16,17)12-7-9-14(10-8-12)13(15)11-5-3-2-4-6-11;1-16-12-7-9-14(10-8-12)13(15)11-5-3-2-4-6-11;14-11-6-8-13(9-7-11)12(15)10-4-2-1-3-5-10;8-7(9)6-4-2-1-3-5-6;1-10(8,9)6-2-4-7-5-3-6;7-5-1-3-6-4-2-5;1-2-4-5-3-1;1-2;1-5(2,3)4;/h2-6,12H,7-10H2,1H3;2-6,12H,7-10H2,1H3;2-6,12H,7-10H2,1H3;1-5,11,14H,6-9H2;1-5H;6-7H,2-5H2,1H3;5-7H,1-4H2;1-4H2;1-2H3;1H3;1H/i;;;;;;;;1D;;. The van der Waals surface area contributed by atoms with Crippen LogP contribution >= 0.6 is 46.5 Å². The Hall–Kier alpha value is -5.57. The van der Waals surface area contributed by atoms with E-state index in [1.807, 2.05) is 125 Å². The van der Waals surface area contributed by atoms with E-state index >= 15 is 0 Å². The number of hydrogen-bond acceptors (Lipinski definition) is 20. The third kappa shape index (κ3) is 43.0. The lowest BCUT2D eigenvalue weighted by atomic mass is 10.1. The van der Waals surface area contributed by atoms with Crippen LogP contribution in [0.2, 0.25) is 0 Å². The first-order valence-corrected chi connectivity index (χ1v) is 45.8. The maximum atomic E-state index is 12.2. The normalized spacial score (nSPS) is 17.6. The van der Waals surface area contributed by atoms with E-state index in [9.17, 15) is 62.8 Å². The first-order valence-electron chi connectivity index (χ1n) is 36.4. The fourth-order valence-corrected chi connectivity index (χ4v) is 15.1. The van der Waals surface area contributed by atoms with E-state index in [1.54, 1.807) is 65.3 Å². The fraction of sp³-hybridized carbons (Fsp3) is 0.539. The van der Waals surface area contributed by atoms with Gasteiger partial charge in [-0.2, -0.15) is 20.2 Å².